The highest BCUT2D eigenvalue weighted by molar-refractivity contribution is 7.90. The number of carbonyl (C=O) groups is 1. The third-order valence-electron chi connectivity index (χ3n) is 4.88. The molecule has 0 heterocycles. The summed E-state index contributed by atoms with van der Waals surface area (Å²) in [6, 6.07) is 15.3. The minimum Gasteiger partial charge on any atom is -0.481 e. The van der Waals surface area contributed by atoms with Crippen LogP contribution in [0, 0.1) is 5.82 Å². The number of rotatable bonds is 9. The fraction of sp³-hybridized carbons (Fsp3) is 0.174. The highest BCUT2D eigenvalue weighted by Crippen LogP contribution is 2.33. The number of benzene rings is 3. The van der Waals surface area contributed by atoms with Crippen LogP contribution in [0.2, 0.25) is 0 Å². The molecule has 3 rings (SSSR count). The van der Waals surface area contributed by atoms with E-state index in [2.05, 4.69) is 0 Å². The number of carboxylic acid groups (broad SMARTS) is 1. The zero-order chi connectivity index (χ0) is 25.1. The number of halogens is 1. The van der Waals surface area contributed by atoms with Gasteiger partial charge in [0.2, 0.25) is 10.0 Å². The number of ether oxygens (including phenoxy) is 1. The fourth-order valence-electron chi connectivity index (χ4n) is 3.21. The molecule has 0 amide bonds. The molecule has 0 saturated carbocycles. The first-order valence-corrected chi connectivity index (χ1v) is 13.2. The van der Waals surface area contributed by atoms with Crippen molar-refractivity contribution in [3.63, 3.8) is 0 Å². The van der Waals surface area contributed by atoms with E-state index in [9.17, 15) is 26.0 Å². The molecule has 0 saturated heterocycles. The first kappa shape index (κ1) is 25.3. The zero-order valence-electron chi connectivity index (χ0n) is 18.3. The Balaban J connectivity index is 2.01. The minimum absolute atomic E-state index is 0.0605. The Morgan fingerprint density at radius 2 is 1.65 bits per heavy atom. The predicted octanol–water partition coefficient (Wildman–Crippen LogP) is 3.18. The molecule has 180 valence electrons. The Morgan fingerprint density at radius 1 is 0.971 bits per heavy atom. The van der Waals surface area contributed by atoms with E-state index in [0.717, 1.165) is 22.7 Å². The minimum atomic E-state index is -3.99. The van der Waals surface area contributed by atoms with Crippen LogP contribution >= 0.6 is 0 Å². The van der Waals surface area contributed by atoms with Gasteiger partial charge in [0.25, 0.3) is 0 Å². The van der Waals surface area contributed by atoms with Gasteiger partial charge in [0.05, 0.1) is 9.79 Å². The summed E-state index contributed by atoms with van der Waals surface area (Å²) in [5.41, 5.74) is 1.35. The van der Waals surface area contributed by atoms with Crippen LogP contribution in [-0.4, -0.2) is 52.1 Å². The van der Waals surface area contributed by atoms with Crippen molar-refractivity contribution < 1.29 is 35.9 Å². The van der Waals surface area contributed by atoms with Crippen LogP contribution in [0.1, 0.15) is 5.56 Å². The quantitative estimate of drug-likeness (QED) is 0.473. The lowest BCUT2D eigenvalue weighted by Gasteiger charge is -2.19. The number of hydrogen-bond donors (Lipinski definition) is 1. The van der Waals surface area contributed by atoms with E-state index in [4.69, 9.17) is 9.84 Å². The molecule has 0 aromatic heterocycles. The molecule has 8 nitrogen and oxygen atoms in total. The van der Waals surface area contributed by atoms with Crippen molar-refractivity contribution in [1.82, 2.24) is 4.31 Å². The van der Waals surface area contributed by atoms with Gasteiger partial charge in [0.15, 0.2) is 16.4 Å². The van der Waals surface area contributed by atoms with Gasteiger partial charge < -0.3 is 9.84 Å². The van der Waals surface area contributed by atoms with Gasteiger partial charge in [0, 0.05) is 25.4 Å². The van der Waals surface area contributed by atoms with Crippen LogP contribution in [-0.2, 0) is 31.2 Å². The standard InChI is InChI=1S/C23H22FNO7S2/c1-25(34(30,31)20-8-4-6-18(24)13-20)14-16-9-10-22(32-15-23(26)27)21(11-16)17-5-3-7-19(12-17)33(2,28)29/h3-13H,14-15H2,1-2H3,(H,26,27). The second kappa shape index (κ2) is 9.92. The number of carboxylic acids is 1. The summed E-state index contributed by atoms with van der Waals surface area (Å²) in [5, 5.41) is 8.97. The zero-order valence-corrected chi connectivity index (χ0v) is 19.9. The molecule has 3 aromatic rings. The maximum atomic E-state index is 13.5. The Hall–Kier alpha value is -3.28. The molecule has 0 unspecified atom stereocenters. The van der Waals surface area contributed by atoms with Crippen molar-refractivity contribution in [1.29, 1.82) is 0 Å². The first-order chi connectivity index (χ1) is 15.9. The monoisotopic (exact) mass is 507 g/mol. The van der Waals surface area contributed by atoms with Crippen molar-refractivity contribution in [3.8, 4) is 16.9 Å². The number of nitrogens with zero attached hydrogens (tertiary/aromatic N) is 1. The molecule has 0 spiro atoms. The van der Waals surface area contributed by atoms with Crippen molar-refractivity contribution >= 4 is 25.8 Å². The molecule has 11 heteroatoms. The van der Waals surface area contributed by atoms with Gasteiger partial charge in [-0.2, -0.15) is 4.31 Å². The summed E-state index contributed by atoms with van der Waals surface area (Å²) in [6.45, 7) is -0.706. The number of aliphatic carboxylic acids is 1. The predicted molar refractivity (Wildman–Crippen MR) is 123 cm³/mol. The van der Waals surface area contributed by atoms with Crippen LogP contribution in [0.4, 0.5) is 4.39 Å². The Bertz CT molecular complexity index is 1440. The smallest absolute Gasteiger partial charge is 0.341 e. The van der Waals surface area contributed by atoms with Gasteiger partial charge in [-0.25, -0.2) is 26.0 Å². The van der Waals surface area contributed by atoms with Crippen molar-refractivity contribution in [2.45, 2.75) is 16.3 Å². The Labute approximate surface area is 197 Å². The Morgan fingerprint density at radius 3 is 2.29 bits per heavy atom. The van der Waals surface area contributed by atoms with Gasteiger partial charge >= 0.3 is 5.97 Å². The van der Waals surface area contributed by atoms with Gasteiger partial charge in [-0.15, -0.1) is 0 Å². The molecule has 0 aliphatic carbocycles. The third-order valence-corrected chi connectivity index (χ3v) is 7.79. The maximum absolute atomic E-state index is 13.5. The van der Waals surface area contributed by atoms with Crippen LogP contribution in [0.5, 0.6) is 5.75 Å². The molecule has 0 aliphatic rings. The topological polar surface area (TPSA) is 118 Å². The highest BCUT2D eigenvalue weighted by Gasteiger charge is 2.22. The van der Waals surface area contributed by atoms with E-state index in [-0.39, 0.29) is 22.1 Å². The molecule has 0 radical (unpaired) electrons. The lowest BCUT2D eigenvalue weighted by molar-refractivity contribution is -0.139. The molecular weight excluding hydrogens is 485 g/mol. The normalized spacial score (nSPS) is 12.0. The molecule has 0 bridgehead atoms. The van der Waals surface area contributed by atoms with Gasteiger partial charge in [0.1, 0.15) is 11.6 Å². The van der Waals surface area contributed by atoms with Crippen LogP contribution in [0.25, 0.3) is 11.1 Å². The summed E-state index contributed by atoms with van der Waals surface area (Å²) in [7, 11) is -6.15. The van der Waals surface area contributed by atoms with Crippen molar-refractivity contribution in [2.24, 2.45) is 0 Å². The molecule has 0 fully saturated rings. The molecule has 3 aromatic carbocycles. The van der Waals surface area contributed by atoms with E-state index in [1.165, 1.54) is 37.4 Å². The van der Waals surface area contributed by atoms with E-state index in [0.29, 0.717) is 16.7 Å². The van der Waals surface area contributed by atoms with Gasteiger partial charge in [-0.3, -0.25) is 0 Å². The highest BCUT2D eigenvalue weighted by atomic mass is 32.2. The third kappa shape index (κ3) is 5.99. The second-order valence-corrected chi connectivity index (χ2v) is 11.6. The average molecular weight is 508 g/mol. The number of sulfone groups is 1. The first-order valence-electron chi connectivity index (χ1n) is 9.88. The van der Waals surface area contributed by atoms with E-state index in [1.54, 1.807) is 24.3 Å². The number of sulfonamides is 1. The lowest BCUT2D eigenvalue weighted by atomic mass is 10.0. The average Bonchev–Trinajstić information content (AvgIpc) is 2.77. The van der Waals surface area contributed by atoms with E-state index in [1.807, 2.05) is 0 Å². The second-order valence-electron chi connectivity index (χ2n) is 7.53. The molecule has 1 N–H and O–H groups in total. The largest absolute Gasteiger partial charge is 0.481 e. The van der Waals surface area contributed by atoms with Crippen molar-refractivity contribution in [2.75, 3.05) is 19.9 Å². The van der Waals surface area contributed by atoms with E-state index < -0.39 is 38.3 Å². The number of hydrogen-bond acceptors (Lipinski definition) is 6. The fourth-order valence-corrected chi connectivity index (χ4v) is 5.07. The van der Waals surface area contributed by atoms with Gasteiger partial charge in [-0.1, -0.05) is 24.3 Å². The summed E-state index contributed by atoms with van der Waals surface area (Å²) >= 11 is 0. The van der Waals surface area contributed by atoms with Gasteiger partial charge in [-0.05, 0) is 53.6 Å². The summed E-state index contributed by atoms with van der Waals surface area (Å²) < 4.78 is 69.6. The summed E-state index contributed by atoms with van der Waals surface area (Å²) in [5.74, 6) is -1.68. The Kier molecular flexibility index (Phi) is 7.39. The molecule has 0 aliphatic heterocycles. The molecular formula is C23H22FNO7S2. The van der Waals surface area contributed by atoms with Crippen LogP contribution in [0.15, 0.2) is 76.5 Å². The van der Waals surface area contributed by atoms with Crippen molar-refractivity contribution in [3.05, 3.63) is 78.1 Å². The summed E-state index contributed by atoms with van der Waals surface area (Å²) in [4.78, 5) is 10.8. The molecule has 34 heavy (non-hydrogen) atoms. The summed E-state index contributed by atoms with van der Waals surface area (Å²) in [6.07, 6.45) is 1.07. The molecule has 0 atom stereocenters. The lowest BCUT2D eigenvalue weighted by Crippen LogP contribution is -2.26. The van der Waals surface area contributed by atoms with E-state index >= 15 is 0 Å². The SMILES string of the molecule is CN(Cc1ccc(OCC(=O)O)c(-c2cccc(S(C)(=O)=O)c2)c1)S(=O)(=O)c1cccc(F)c1. The maximum Gasteiger partial charge on any atom is 0.341 e. The van der Waals surface area contributed by atoms with Crippen LogP contribution in [0.3, 0.4) is 0 Å². The van der Waals surface area contributed by atoms with Crippen LogP contribution < -0.4 is 4.74 Å².